The first kappa shape index (κ1) is 14.1. The lowest BCUT2D eigenvalue weighted by molar-refractivity contribution is -0.120. The highest BCUT2D eigenvalue weighted by Gasteiger charge is 2.04. The van der Waals surface area contributed by atoms with E-state index in [2.05, 4.69) is 15.6 Å². The molecule has 0 saturated carbocycles. The summed E-state index contributed by atoms with van der Waals surface area (Å²) in [5.74, 6) is 1.65. The average molecular weight is 273 g/mol. The van der Waals surface area contributed by atoms with Gasteiger partial charge in [0.2, 0.25) is 5.91 Å². The second-order valence-electron chi connectivity index (χ2n) is 4.38. The molecule has 0 aliphatic rings. The number of hydrogen-bond donors (Lipinski definition) is 2. The smallest absolute Gasteiger partial charge is 0.221 e. The number of amides is 1. The summed E-state index contributed by atoms with van der Waals surface area (Å²) in [6.07, 6.45) is 2.18. The van der Waals surface area contributed by atoms with Crippen LogP contribution in [-0.2, 0) is 4.79 Å². The molecule has 1 aromatic heterocycles. The lowest BCUT2D eigenvalue weighted by atomic mass is 10.1. The van der Waals surface area contributed by atoms with Gasteiger partial charge >= 0.3 is 0 Å². The maximum atomic E-state index is 11.4. The van der Waals surface area contributed by atoms with Gasteiger partial charge in [0.05, 0.1) is 7.11 Å². The molecular weight excluding hydrogens is 254 g/mol. The quantitative estimate of drug-likeness (QED) is 0.846. The molecule has 1 amide bonds. The molecule has 0 radical (unpaired) electrons. The van der Waals surface area contributed by atoms with Gasteiger partial charge in [0.1, 0.15) is 11.6 Å². The van der Waals surface area contributed by atoms with E-state index in [1.165, 1.54) is 0 Å². The zero-order valence-corrected chi connectivity index (χ0v) is 11.8. The molecule has 20 heavy (non-hydrogen) atoms. The largest absolute Gasteiger partial charge is 0.497 e. The van der Waals surface area contributed by atoms with Gasteiger partial charge in [0.15, 0.2) is 0 Å². The minimum Gasteiger partial charge on any atom is -0.497 e. The molecule has 0 aliphatic carbocycles. The second kappa shape index (κ2) is 6.75. The maximum Gasteiger partial charge on any atom is 0.221 e. The van der Waals surface area contributed by atoms with Gasteiger partial charge in [0, 0.05) is 31.1 Å². The van der Waals surface area contributed by atoms with Crippen molar-refractivity contribution in [3.05, 3.63) is 30.5 Å². The molecular formula is C15H19N3O2. The number of anilines is 1. The molecule has 0 aliphatic heterocycles. The molecule has 2 aromatic rings. The Morgan fingerprint density at radius 1 is 1.35 bits per heavy atom. The van der Waals surface area contributed by atoms with E-state index in [4.69, 9.17) is 4.74 Å². The Morgan fingerprint density at radius 3 is 2.95 bits per heavy atom. The third kappa shape index (κ3) is 3.38. The normalized spacial score (nSPS) is 10.3. The molecule has 0 bridgehead atoms. The van der Waals surface area contributed by atoms with Gasteiger partial charge in [0.25, 0.3) is 0 Å². The van der Waals surface area contributed by atoms with Crippen molar-refractivity contribution >= 4 is 22.5 Å². The van der Waals surface area contributed by atoms with E-state index >= 15 is 0 Å². The lowest BCUT2D eigenvalue weighted by Gasteiger charge is -2.09. The Bertz CT molecular complexity index is 599. The number of hydrogen-bond acceptors (Lipinski definition) is 4. The standard InChI is InChI=1S/C15H19N3O2/c1-3-16-14(19)7-9-18-15-13-5-4-12(20-2)10-11(13)6-8-17-15/h4-6,8,10H,3,7,9H2,1-2H3,(H,16,19)(H,17,18). The average Bonchev–Trinajstić information content (AvgIpc) is 2.47. The zero-order chi connectivity index (χ0) is 14.4. The van der Waals surface area contributed by atoms with Crippen molar-refractivity contribution in [2.45, 2.75) is 13.3 Å². The first-order valence-corrected chi connectivity index (χ1v) is 6.68. The molecule has 5 nitrogen and oxygen atoms in total. The van der Waals surface area contributed by atoms with E-state index < -0.39 is 0 Å². The first-order valence-electron chi connectivity index (χ1n) is 6.68. The van der Waals surface area contributed by atoms with E-state index in [0.29, 0.717) is 19.5 Å². The fraction of sp³-hybridized carbons (Fsp3) is 0.333. The number of carbonyl (C=O) groups is 1. The molecule has 106 valence electrons. The minimum atomic E-state index is 0.0434. The molecule has 0 saturated heterocycles. The van der Waals surface area contributed by atoms with Crippen LogP contribution < -0.4 is 15.4 Å². The summed E-state index contributed by atoms with van der Waals surface area (Å²) in [5.41, 5.74) is 0. The van der Waals surface area contributed by atoms with Crippen LogP contribution >= 0.6 is 0 Å². The van der Waals surface area contributed by atoms with Crippen LogP contribution in [0.4, 0.5) is 5.82 Å². The molecule has 0 unspecified atom stereocenters. The summed E-state index contributed by atoms with van der Waals surface area (Å²) < 4.78 is 5.21. The van der Waals surface area contributed by atoms with Gasteiger partial charge in [-0.15, -0.1) is 0 Å². The molecule has 0 atom stereocenters. The van der Waals surface area contributed by atoms with Crippen LogP contribution in [0.15, 0.2) is 30.5 Å². The Labute approximate surface area is 118 Å². The van der Waals surface area contributed by atoms with E-state index in [9.17, 15) is 4.79 Å². The highest BCUT2D eigenvalue weighted by molar-refractivity contribution is 5.92. The summed E-state index contributed by atoms with van der Waals surface area (Å²) in [5, 5.41) is 8.04. The van der Waals surface area contributed by atoms with Gasteiger partial charge in [-0.05, 0) is 36.6 Å². The van der Waals surface area contributed by atoms with Crippen LogP contribution in [0.25, 0.3) is 10.8 Å². The number of benzene rings is 1. The lowest BCUT2D eigenvalue weighted by Crippen LogP contribution is -2.24. The van der Waals surface area contributed by atoms with Crippen molar-refractivity contribution in [1.82, 2.24) is 10.3 Å². The fourth-order valence-electron chi connectivity index (χ4n) is 2.00. The van der Waals surface area contributed by atoms with E-state index in [1.807, 2.05) is 31.2 Å². The van der Waals surface area contributed by atoms with Crippen molar-refractivity contribution in [2.24, 2.45) is 0 Å². The van der Waals surface area contributed by atoms with Crippen LogP contribution in [0.1, 0.15) is 13.3 Å². The van der Waals surface area contributed by atoms with Gasteiger partial charge in [-0.1, -0.05) is 0 Å². The molecule has 0 fully saturated rings. The van der Waals surface area contributed by atoms with Gasteiger partial charge in [-0.2, -0.15) is 0 Å². The summed E-state index contributed by atoms with van der Waals surface area (Å²) in [6, 6.07) is 7.77. The number of nitrogens with zero attached hydrogens (tertiary/aromatic N) is 1. The highest BCUT2D eigenvalue weighted by Crippen LogP contribution is 2.25. The number of ether oxygens (including phenoxy) is 1. The van der Waals surface area contributed by atoms with Crippen molar-refractivity contribution in [1.29, 1.82) is 0 Å². The van der Waals surface area contributed by atoms with Crippen LogP contribution in [-0.4, -0.2) is 31.1 Å². The number of fused-ring (bicyclic) bond motifs is 1. The molecule has 5 heteroatoms. The summed E-state index contributed by atoms with van der Waals surface area (Å²) in [4.78, 5) is 15.7. The number of carbonyl (C=O) groups excluding carboxylic acids is 1. The third-order valence-corrected chi connectivity index (χ3v) is 2.99. The Balaban J connectivity index is 2.08. The topological polar surface area (TPSA) is 63.2 Å². The number of aromatic nitrogens is 1. The summed E-state index contributed by atoms with van der Waals surface area (Å²) in [7, 11) is 1.65. The fourth-order valence-corrected chi connectivity index (χ4v) is 2.00. The summed E-state index contributed by atoms with van der Waals surface area (Å²) >= 11 is 0. The SMILES string of the molecule is CCNC(=O)CCNc1nccc2cc(OC)ccc12. The van der Waals surface area contributed by atoms with E-state index in [-0.39, 0.29) is 5.91 Å². The number of nitrogens with one attached hydrogen (secondary N) is 2. The van der Waals surface area contributed by atoms with Gasteiger partial charge in [-0.25, -0.2) is 4.98 Å². The van der Waals surface area contributed by atoms with Crippen molar-refractivity contribution in [3.8, 4) is 5.75 Å². The van der Waals surface area contributed by atoms with Crippen molar-refractivity contribution in [2.75, 3.05) is 25.5 Å². The molecule has 0 spiro atoms. The van der Waals surface area contributed by atoms with Crippen molar-refractivity contribution in [3.63, 3.8) is 0 Å². The number of pyridine rings is 1. The predicted molar refractivity (Wildman–Crippen MR) is 80.1 cm³/mol. The molecule has 2 rings (SSSR count). The molecule has 1 heterocycles. The molecule has 2 N–H and O–H groups in total. The maximum absolute atomic E-state index is 11.4. The Kier molecular flexibility index (Phi) is 4.76. The number of rotatable bonds is 6. The van der Waals surface area contributed by atoms with Gasteiger partial charge < -0.3 is 15.4 Å². The van der Waals surface area contributed by atoms with Crippen LogP contribution in [0, 0.1) is 0 Å². The highest BCUT2D eigenvalue weighted by atomic mass is 16.5. The number of methoxy groups -OCH3 is 1. The van der Waals surface area contributed by atoms with Gasteiger partial charge in [-0.3, -0.25) is 4.79 Å². The molecule has 1 aromatic carbocycles. The Hall–Kier alpha value is -2.30. The van der Waals surface area contributed by atoms with Crippen LogP contribution in [0.3, 0.4) is 0 Å². The van der Waals surface area contributed by atoms with Crippen LogP contribution in [0.2, 0.25) is 0 Å². The Morgan fingerprint density at radius 2 is 2.20 bits per heavy atom. The summed E-state index contributed by atoms with van der Waals surface area (Å²) in [6.45, 7) is 3.13. The van der Waals surface area contributed by atoms with E-state index in [1.54, 1.807) is 13.3 Å². The van der Waals surface area contributed by atoms with Crippen LogP contribution in [0.5, 0.6) is 5.75 Å². The minimum absolute atomic E-state index is 0.0434. The monoisotopic (exact) mass is 273 g/mol. The first-order chi connectivity index (χ1) is 9.74. The van der Waals surface area contributed by atoms with E-state index in [0.717, 1.165) is 22.3 Å². The third-order valence-electron chi connectivity index (χ3n) is 2.99. The zero-order valence-electron chi connectivity index (χ0n) is 11.8. The van der Waals surface area contributed by atoms with Crippen molar-refractivity contribution < 1.29 is 9.53 Å². The predicted octanol–water partition coefficient (Wildman–Crippen LogP) is 2.18. The second-order valence-corrected chi connectivity index (χ2v) is 4.38.